The van der Waals surface area contributed by atoms with Gasteiger partial charge in [-0.05, 0) is 49.2 Å². The normalized spacial score (nSPS) is 15.9. The lowest BCUT2D eigenvalue weighted by Crippen LogP contribution is -2.54. The molecular weight excluding hydrogens is 557 g/mol. The number of fused-ring (bicyclic) bond motifs is 2. The number of nitrogens with two attached hydrogens (primary N) is 1. The van der Waals surface area contributed by atoms with Gasteiger partial charge in [-0.25, -0.2) is 13.8 Å². The Bertz CT molecular complexity index is 1820. The lowest BCUT2D eigenvalue weighted by atomic mass is 10.0. The number of carbonyl (C=O) groups excluding carboxylic acids is 1. The SMILES string of the molecule is C.C=CC(=O)N1CCN(c2nc(=O)n3c4c2cc(F)c(-c2cc(N)ccc2Cl)[n+]4Cc2ccnc(C(C)C)c2-3)[C@@H](C)C1. The van der Waals surface area contributed by atoms with Gasteiger partial charge in [0.25, 0.3) is 0 Å². The maximum atomic E-state index is 16.3. The molecule has 0 bridgehead atoms. The third-order valence-corrected chi connectivity index (χ3v) is 8.21. The molecule has 0 saturated carbocycles. The fourth-order valence-electron chi connectivity index (χ4n) is 6.00. The number of anilines is 2. The Morgan fingerprint density at radius 3 is 2.71 bits per heavy atom. The van der Waals surface area contributed by atoms with Gasteiger partial charge in [-0.3, -0.25) is 9.78 Å². The molecule has 1 saturated heterocycles. The number of carbonyl (C=O) groups is 1. The summed E-state index contributed by atoms with van der Waals surface area (Å²) in [4.78, 5) is 39.1. The summed E-state index contributed by atoms with van der Waals surface area (Å²) < 4.78 is 19.7. The van der Waals surface area contributed by atoms with E-state index >= 15 is 4.39 Å². The minimum absolute atomic E-state index is 0. The number of benzene rings is 1. The van der Waals surface area contributed by atoms with E-state index in [2.05, 4.69) is 16.5 Å². The molecule has 9 nitrogen and oxygen atoms in total. The number of rotatable bonds is 4. The second kappa shape index (κ2) is 10.8. The van der Waals surface area contributed by atoms with E-state index in [1.807, 2.05) is 31.7 Å². The van der Waals surface area contributed by atoms with Gasteiger partial charge in [-0.2, -0.15) is 4.98 Å². The maximum absolute atomic E-state index is 16.3. The van der Waals surface area contributed by atoms with Crippen LogP contribution in [0, 0.1) is 5.82 Å². The number of nitrogens with zero attached hydrogens (tertiary/aromatic N) is 6. The van der Waals surface area contributed by atoms with E-state index in [1.54, 1.807) is 38.4 Å². The monoisotopic (exact) mass is 590 g/mol. The molecular formula is C31H34ClFN7O2+. The highest BCUT2D eigenvalue weighted by atomic mass is 35.5. The van der Waals surface area contributed by atoms with E-state index in [-0.39, 0.29) is 37.5 Å². The Morgan fingerprint density at radius 2 is 2.02 bits per heavy atom. The van der Waals surface area contributed by atoms with Crippen molar-refractivity contribution in [2.24, 2.45) is 0 Å². The minimum atomic E-state index is -0.520. The van der Waals surface area contributed by atoms with Crippen molar-refractivity contribution in [3.8, 4) is 16.9 Å². The molecule has 1 fully saturated rings. The lowest BCUT2D eigenvalue weighted by Gasteiger charge is -2.40. The summed E-state index contributed by atoms with van der Waals surface area (Å²) in [6.07, 6.45) is 3.00. The highest BCUT2D eigenvalue weighted by molar-refractivity contribution is 6.33. The van der Waals surface area contributed by atoms with Gasteiger partial charge in [0.1, 0.15) is 11.9 Å². The standard InChI is InChI=1S/C30H30ClFN7O2.CH4/c1-5-24(40)36-10-11-37(17(4)14-36)28-21-13-23(32)27(20-12-19(33)6-7-22(20)31)38-15-18-8-9-34-25(16(2)3)26(18)39(29(21)38)30(41)35-28;/h5-9,12-13,16-17H,1,10-11,14-15,33H2,2-4H3;1H4/q+1;/t17-;/m0./s1. The summed E-state index contributed by atoms with van der Waals surface area (Å²) in [5.74, 6) is -0.280. The molecule has 11 heteroatoms. The second-order valence-electron chi connectivity index (χ2n) is 10.8. The first kappa shape index (κ1) is 29.2. The van der Waals surface area contributed by atoms with Gasteiger partial charge in [0, 0.05) is 48.7 Å². The van der Waals surface area contributed by atoms with Crippen LogP contribution in [0.4, 0.5) is 15.9 Å². The Morgan fingerprint density at radius 1 is 1.26 bits per heavy atom. The topological polar surface area (TPSA) is 101 Å². The molecule has 6 rings (SSSR count). The summed E-state index contributed by atoms with van der Waals surface area (Å²) in [6, 6.07) is 8.02. The smallest absolute Gasteiger partial charge is 0.399 e. The quantitative estimate of drug-likeness (QED) is 0.188. The van der Waals surface area contributed by atoms with Crippen LogP contribution in [-0.4, -0.2) is 51.0 Å². The summed E-state index contributed by atoms with van der Waals surface area (Å²) >= 11 is 6.59. The molecule has 2 aliphatic rings. The second-order valence-corrected chi connectivity index (χ2v) is 11.3. The molecule has 3 aromatic heterocycles. The van der Waals surface area contributed by atoms with Gasteiger partial charge < -0.3 is 15.5 Å². The van der Waals surface area contributed by atoms with E-state index in [4.69, 9.17) is 17.3 Å². The first-order valence-corrected chi connectivity index (χ1v) is 13.9. The molecule has 1 amide bonds. The molecule has 0 unspecified atom stereocenters. The molecule has 1 atom stereocenters. The van der Waals surface area contributed by atoms with Crippen molar-refractivity contribution in [1.29, 1.82) is 0 Å². The third-order valence-electron chi connectivity index (χ3n) is 7.88. The number of aromatic nitrogens is 4. The van der Waals surface area contributed by atoms with Crippen molar-refractivity contribution in [3.63, 3.8) is 0 Å². The van der Waals surface area contributed by atoms with Crippen LogP contribution in [0.2, 0.25) is 5.02 Å². The van der Waals surface area contributed by atoms with Gasteiger partial charge in [0.2, 0.25) is 5.91 Å². The van der Waals surface area contributed by atoms with E-state index in [1.165, 1.54) is 12.1 Å². The first-order valence-electron chi connectivity index (χ1n) is 13.5. The van der Waals surface area contributed by atoms with Crippen molar-refractivity contribution < 1.29 is 13.8 Å². The molecule has 5 heterocycles. The van der Waals surface area contributed by atoms with Crippen molar-refractivity contribution in [3.05, 3.63) is 81.8 Å². The average Bonchev–Trinajstić information content (AvgIpc) is 2.94. The number of halogens is 2. The summed E-state index contributed by atoms with van der Waals surface area (Å²) in [6.45, 7) is 11.1. The van der Waals surface area contributed by atoms with Crippen LogP contribution in [0.15, 0.2) is 54.0 Å². The minimum Gasteiger partial charge on any atom is -0.399 e. The van der Waals surface area contributed by atoms with E-state index in [9.17, 15) is 9.59 Å². The van der Waals surface area contributed by atoms with E-state index in [0.29, 0.717) is 58.4 Å². The lowest BCUT2D eigenvalue weighted by molar-refractivity contribution is -0.656. The maximum Gasteiger partial charge on any atom is 0.442 e. The number of pyridine rings is 2. The van der Waals surface area contributed by atoms with Crippen molar-refractivity contribution in [2.75, 3.05) is 30.3 Å². The van der Waals surface area contributed by atoms with Crippen molar-refractivity contribution in [1.82, 2.24) is 19.4 Å². The summed E-state index contributed by atoms with van der Waals surface area (Å²) in [7, 11) is 0. The molecule has 0 spiro atoms. The zero-order chi connectivity index (χ0) is 29.2. The largest absolute Gasteiger partial charge is 0.442 e. The molecule has 4 aromatic rings. The molecule has 218 valence electrons. The Hall–Kier alpha value is -4.31. The molecule has 1 aromatic carbocycles. The Kier molecular flexibility index (Phi) is 7.53. The van der Waals surface area contributed by atoms with Crippen LogP contribution >= 0.6 is 11.6 Å². The van der Waals surface area contributed by atoms with Crippen molar-refractivity contribution >= 4 is 40.0 Å². The van der Waals surface area contributed by atoms with Gasteiger partial charge in [-0.15, -0.1) is 4.57 Å². The highest BCUT2D eigenvalue weighted by Crippen LogP contribution is 2.37. The Balaban J connectivity index is 0.00000353. The van der Waals surface area contributed by atoms with E-state index < -0.39 is 11.5 Å². The predicted octanol–water partition coefficient (Wildman–Crippen LogP) is 4.45. The Labute approximate surface area is 248 Å². The van der Waals surface area contributed by atoms with Crippen LogP contribution in [-0.2, 0) is 11.3 Å². The number of hydrogen-bond donors (Lipinski definition) is 1. The molecule has 2 aliphatic heterocycles. The predicted molar refractivity (Wildman–Crippen MR) is 164 cm³/mol. The summed E-state index contributed by atoms with van der Waals surface area (Å²) in [5, 5.41) is 0.815. The average molecular weight is 591 g/mol. The van der Waals surface area contributed by atoms with Gasteiger partial charge >= 0.3 is 11.3 Å². The highest BCUT2D eigenvalue weighted by Gasteiger charge is 2.38. The molecule has 42 heavy (non-hydrogen) atoms. The van der Waals surface area contributed by atoms with E-state index in [0.717, 1.165) is 11.3 Å². The third kappa shape index (κ3) is 4.50. The van der Waals surface area contributed by atoms with Crippen LogP contribution in [0.1, 0.15) is 45.4 Å². The zero-order valence-electron chi connectivity index (χ0n) is 23.1. The first-order chi connectivity index (χ1) is 19.6. The number of amides is 1. The summed E-state index contributed by atoms with van der Waals surface area (Å²) in [5.41, 5.74) is 9.42. The van der Waals surface area contributed by atoms with Gasteiger partial charge in [0.05, 0.1) is 10.7 Å². The molecule has 0 radical (unpaired) electrons. The van der Waals surface area contributed by atoms with Gasteiger partial charge in [0.15, 0.2) is 23.0 Å². The van der Waals surface area contributed by atoms with Gasteiger partial charge in [-0.1, -0.05) is 39.5 Å². The zero-order valence-corrected chi connectivity index (χ0v) is 23.8. The van der Waals surface area contributed by atoms with Crippen LogP contribution < -0.4 is 20.9 Å². The van der Waals surface area contributed by atoms with Crippen LogP contribution in [0.5, 0.6) is 0 Å². The van der Waals surface area contributed by atoms with Crippen LogP contribution in [0.25, 0.3) is 28.0 Å². The number of piperazine rings is 1. The number of hydrogen-bond acceptors (Lipinski definition) is 6. The molecule has 0 aliphatic carbocycles. The van der Waals surface area contributed by atoms with Crippen molar-refractivity contribution in [2.45, 2.75) is 46.7 Å². The van der Waals surface area contributed by atoms with Crippen LogP contribution in [0.3, 0.4) is 0 Å². The fourth-order valence-corrected chi connectivity index (χ4v) is 6.21. The fraction of sp³-hybridized carbons (Fsp3) is 0.323. The number of nitrogen functional groups attached to an aromatic ring is 1. The molecule has 2 N–H and O–H groups in total.